The number of nitrogens with one attached hydrogen (secondary N) is 1. The zero-order valence-corrected chi connectivity index (χ0v) is 20.5. The number of benzene rings is 2. The Labute approximate surface area is 208 Å². The van der Waals surface area contributed by atoms with Gasteiger partial charge >= 0.3 is 0 Å². The summed E-state index contributed by atoms with van der Waals surface area (Å²) in [7, 11) is 1.51. The van der Waals surface area contributed by atoms with Gasteiger partial charge in [0.2, 0.25) is 12.6 Å². The maximum absolute atomic E-state index is 10.4. The van der Waals surface area contributed by atoms with Gasteiger partial charge in [-0.25, -0.2) is 0 Å². The van der Waals surface area contributed by atoms with Crippen LogP contribution in [-0.4, -0.2) is 45.7 Å². The van der Waals surface area contributed by atoms with Crippen molar-refractivity contribution < 1.29 is 23.8 Å². The van der Waals surface area contributed by atoms with E-state index in [1.54, 1.807) is 12.1 Å². The van der Waals surface area contributed by atoms with E-state index in [-0.39, 0.29) is 12.5 Å². The highest BCUT2D eigenvalue weighted by atomic mass is 32.1. The SMILES string of the molecule is CCCCN1C(=S)NC(c2ccc(OC)c(O)c2)C(c2nc(-c3ccc4c(c3)OCO4)no2)=C1C. The van der Waals surface area contributed by atoms with Gasteiger partial charge in [-0.15, -0.1) is 0 Å². The van der Waals surface area contributed by atoms with E-state index in [2.05, 4.69) is 22.3 Å². The number of thiocarbonyl (C=S) groups is 1. The summed E-state index contributed by atoms with van der Waals surface area (Å²) >= 11 is 5.71. The first-order valence-corrected chi connectivity index (χ1v) is 11.8. The zero-order chi connectivity index (χ0) is 24.5. The lowest BCUT2D eigenvalue weighted by molar-refractivity contribution is 0.174. The van der Waals surface area contributed by atoms with Crippen molar-refractivity contribution in [1.82, 2.24) is 20.4 Å². The maximum atomic E-state index is 10.4. The average Bonchev–Trinajstić information content (AvgIpc) is 3.53. The number of phenolic OH excluding ortho intramolecular Hbond substituents is 1. The first-order chi connectivity index (χ1) is 17.0. The van der Waals surface area contributed by atoms with Gasteiger partial charge in [0.1, 0.15) is 0 Å². The van der Waals surface area contributed by atoms with Gasteiger partial charge in [-0.3, -0.25) is 0 Å². The second kappa shape index (κ2) is 9.46. The van der Waals surface area contributed by atoms with Crippen LogP contribution in [0.25, 0.3) is 17.0 Å². The van der Waals surface area contributed by atoms with Crippen LogP contribution in [0.15, 0.2) is 46.6 Å². The summed E-state index contributed by atoms with van der Waals surface area (Å²) in [6, 6.07) is 10.4. The molecule has 1 aromatic heterocycles. The number of nitrogens with zero attached hydrogens (tertiary/aromatic N) is 3. The van der Waals surface area contributed by atoms with Crippen LogP contribution in [0, 0.1) is 0 Å². The molecule has 0 amide bonds. The van der Waals surface area contributed by atoms with Crippen molar-refractivity contribution >= 4 is 22.9 Å². The Morgan fingerprint density at radius 1 is 1.20 bits per heavy atom. The summed E-state index contributed by atoms with van der Waals surface area (Å²) in [5.41, 5.74) is 3.25. The molecule has 35 heavy (non-hydrogen) atoms. The molecule has 3 aromatic rings. The molecule has 5 rings (SSSR count). The second-order valence-electron chi connectivity index (χ2n) is 8.31. The molecule has 2 aliphatic rings. The van der Waals surface area contributed by atoms with E-state index < -0.39 is 6.04 Å². The van der Waals surface area contributed by atoms with Gasteiger partial charge in [0, 0.05) is 17.8 Å². The van der Waals surface area contributed by atoms with Crippen LogP contribution in [0.2, 0.25) is 0 Å². The van der Waals surface area contributed by atoms with Crippen LogP contribution < -0.4 is 19.5 Å². The molecule has 2 aliphatic heterocycles. The molecule has 1 unspecified atom stereocenters. The van der Waals surface area contributed by atoms with Crippen molar-refractivity contribution in [2.45, 2.75) is 32.7 Å². The van der Waals surface area contributed by atoms with Crippen molar-refractivity contribution in [3.05, 3.63) is 53.5 Å². The lowest BCUT2D eigenvalue weighted by Gasteiger charge is -2.37. The molecule has 0 spiro atoms. The number of allylic oxidation sites excluding steroid dienone is 1. The highest BCUT2D eigenvalue weighted by Gasteiger charge is 2.34. The fourth-order valence-corrected chi connectivity index (χ4v) is 4.61. The molecule has 0 saturated carbocycles. The third kappa shape index (κ3) is 4.25. The minimum absolute atomic E-state index is 0.0368. The number of ether oxygens (including phenoxy) is 3. The molecule has 2 N–H and O–H groups in total. The average molecular weight is 495 g/mol. The van der Waals surface area contributed by atoms with E-state index in [0.717, 1.165) is 41.8 Å². The first kappa shape index (κ1) is 23.0. The maximum Gasteiger partial charge on any atom is 0.258 e. The Morgan fingerprint density at radius 3 is 2.80 bits per heavy atom. The largest absolute Gasteiger partial charge is 0.504 e. The van der Waals surface area contributed by atoms with Gasteiger partial charge < -0.3 is 34.1 Å². The Balaban J connectivity index is 1.57. The molecule has 0 aliphatic carbocycles. The van der Waals surface area contributed by atoms with Crippen molar-refractivity contribution in [2.75, 3.05) is 20.4 Å². The van der Waals surface area contributed by atoms with Crippen LogP contribution in [0.4, 0.5) is 0 Å². The Kier molecular flexibility index (Phi) is 6.21. The number of rotatable bonds is 7. The summed E-state index contributed by atoms with van der Waals surface area (Å²) in [4.78, 5) is 6.78. The summed E-state index contributed by atoms with van der Waals surface area (Å²) in [6.07, 6.45) is 2.01. The van der Waals surface area contributed by atoms with Crippen LogP contribution in [0.3, 0.4) is 0 Å². The van der Waals surface area contributed by atoms with Crippen LogP contribution >= 0.6 is 12.2 Å². The number of unbranched alkanes of at least 4 members (excludes halogenated alkanes) is 1. The van der Waals surface area contributed by atoms with Crippen LogP contribution in [-0.2, 0) is 0 Å². The lowest BCUT2D eigenvalue weighted by atomic mass is 9.94. The molecular formula is C25H26N4O5S. The van der Waals surface area contributed by atoms with Gasteiger partial charge in [0.05, 0.1) is 18.7 Å². The smallest absolute Gasteiger partial charge is 0.258 e. The van der Waals surface area contributed by atoms with E-state index in [1.165, 1.54) is 7.11 Å². The van der Waals surface area contributed by atoms with Crippen molar-refractivity contribution in [1.29, 1.82) is 0 Å². The van der Waals surface area contributed by atoms with Crippen LogP contribution in [0.5, 0.6) is 23.0 Å². The normalized spacial score (nSPS) is 17.1. The second-order valence-corrected chi connectivity index (χ2v) is 8.70. The first-order valence-electron chi connectivity index (χ1n) is 11.4. The highest BCUT2D eigenvalue weighted by Crippen LogP contribution is 2.40. The number of aromatic hydroxyl groups is 1. The van der Waals surface area contributed by atoms with Crippen molar-refractivity contribution in [3.8, 4) is 34.4 Å². The van der Waals surface area contributed by atoms with Gasteiger partial charge in [0.25, 0.3) is 5.89 Å². The molecule has 1 atom stereocenters. The van der Waals surface area contributed by atoms with Gasteiger partial charge in [-0.05, 0) is 61.5 Å². The number of hydrogen-bond donors (Lipinski definition) is 2. The summed E-state index contributed by atoms with van der Waals surface area (Å²) < 4.78 is 21.9. The van der Waals surface area contributed by atoms with E-state index in [0.29, 0.717) is 34.1 Å². The minimum atomic E-state index is -0.401. The minimum Gasteiger partial charge on any atom is -0.504 e. The third-order valence-electron chi connectivity index (χ3n) is 6.16. The van der Waals surface area contributed by atoms with E-state index in [4.69, 9.17) is 35.9 Å². The topological polar surface area (TPSA) is 102 Å². The number of methoxy groups -OCH3 is 1. The molecule has 182 valence electrons. The van der Waals surface area contributed by atoms with Gasteiger partial charge in [-0.2, -0.15) is 4.98 Å². The molecule has 9 nitrogen and oxygen atoms in total. The summed E-state index contributed by atoms with van der Waals surface area (Å²) in [5, 5.41) is 18.7. The number of hydrogen-bond acceptors (Lipinski definition) is 8. The standard InChI is InChI=1S/C25H26N4O5S/c1-4-5-10-29-14(2)21(22(26-25(29)35)15-6-8-18(31-3)17(30)11-15)24-27-23(28-34-24)16-7-9-19-20(12-16)33-13-32-19/h6-9,11-12,22,30H,4-5,10,13H2,1-3H3,(H,26,35). The number of aromatic nitrogens is 2. The fourth-order valence-electron chi connectivity index (χ4n) is 4.27. The summed E-state index contributed by atoms with van der Waals surface area (Å²) in [6.45, 7) is 5.09. The lowest BCUT2D eigenvalue weighted by Crippen LogP contribution is -2.46. The molecule has 3 heterocycles. The third-order valence-corrected chi connectivity index (χ3v) is 6.49. The highest BCUT2D eigenvalue weighted by molar-refractivity contribution is 7.80. The summed E-state index contributed by atoms with van der Waals surface area (Å²) in [5.74, 6) is 2.56. The number of fused-ring (bicyclic) bond motifs is 1. The Hall–Kier alpha value is -3.79. The van der Waals surface area contributed by atoms with E-state index in [9.17, 15) is 5.11 Å². The Morgan fingerprint density at radius 2 is 2.03 bits per heavy atom. The molecule has 0 bridgehead atoms. The number of phenols is 1. The van der Waals surface area contributed by atoms with Gasteiger partial charge in [-0.1, -0.05) is 24.6 Å². The van der Waals surface area contributed by atoms with Gasteiger partial charge in [0.15, 0.2) is 28.1 Å². The van der Waals surface area contributed by atoms with Crippen molar-refractivity contribution in [2.24, 2.45) is 0 Å². The Bertz CT molecular complexity index is 1300. The van der Waals surface area contributed by atoms with Crippen LogP contribution in [0.1, 0.15) is 44.2 Å². The zero-order valence-electron chi connectivity index (χ0n) is 19.7. The quantitative estimate of drug-likeness (QED) is 0.452. The molecular weight excluding hydrogens is 468 g/mol. The monoisotopic (exact) mass is 494 g/mol. The molecule has 0 radical (unpaired) electrons. The molecule has 2 aromatic carbocycles. The molecule has 0 saturated heterocycles. The predicted octanol–water partition coefficient (Wildman–Crippen LogP) is 4.64. The van der Waals surface area contributed by atoms with E-state index in [1.807, 2.05) is 31.2 Å². The molecule has 10 heteroatoms. The van der Waals surface area contributed by atoms with E-state index >= 15 is 0 Å². The fraction of sp³-hybridized carbons (Fsp3) is 0.320. The van der Waals surface area contributed by atoms with Crippen molar-refractivity contribution in [3.63, 3.8) is 0 Å². The predicted molar refractivity (Wildman–Crippen MR) is 133 cm³/mol. The molecule has 0 fully saturated rings.